The van der Waals surface area contributed by atoms with Crippen molar-refractivity contribution in [2.45, 2.75) is 13.3 Å². The number of rotatable bonds is 5. The van der Waals surface area contributed by atoms with E-state index in [2.05, 4.69) is 4.98 Å². The van der Waals surface area contributed by atoms with Gasteiger partial charge in [-0.2, -0.15) is 0 Å². The van der Waals surface area contributed by atoms with Crippen molar-refractivity contribution in [1.29, 1.82) is 0 Å². The van der Waals surface area contributed by atoms with Crippen LogP contribution < -0.4 is 0 Å². The molecule has 2 heterocycles. The van der Waals surface area contributed by atoms with E-state index in [9.17, 15) is 30.1 Å². The molecule has 0 saturated heterocycles. The Morgan fingerprint density at radius 1 is 0.971 bits per heavy atom. The number of Topliss-reactive ketones (excluding diaryl/α,β-unsaturated/α-hetero) is 1. The third kappa shape index (κ3) is 4.99. The highest BCUT2D eigenvalue weighted by Gasteiger charge is 2.12. The first-order valence-electron chi connectivity index (χ1n) is 10.4. The summed E-state index contributed by atoms with van der Waals surface area (Å²) in [6, 6.07) is 17.1. The molecular weight excluding hydrogens is 472 g/mol. The van der Waals surface area contributed by atoms with E-state index in [1.165, 1.54) is 47.7 Å². The van der Waals surface area contributed by atoms with Gasteiger partial charge < -0.3 is 5.11 Å². The van der Waals surface area contributed by atoms with E-state index >= 15 is 0 Å². The minimum absolute atomic E-state index is 0.00472. The minimum atomic E-state index is -0.486. The molecule has 11 heteroatoms. The van der Waals surface area contributed by atoms with Crippen LogP contribution in [0.1, 0.15) is 23.7 Å². The topological polar surface area (TPSA) is 141 Å². The fraction of sp³-hybridized carbons (Fsp3) is 0.0833. The molecule has 0 atom stereocenters. The molecule has 0 aliphatic heterocycles. The van der Waals surface area contributed by atoms with Gasteiger partial charge in [0.2, 0.25) is 0 Å². The lowest BCUT2D eigenvalue weighted by atomic mass is 10.1. The molecular formula is C24H18N4O6S. The summed E-state index contributed by atoms with van der Waals surface area (Å²) < 4.78 is 2.91. The number of phenolic OH excluding ortho intramolecular Hbond substituents is 1. The Morgan fingerprint density at radius 2 is 1.57 bits per heavy atom. The van der Waals surface area contributed by atoms with Crippen LogP contribution in [0.3, 0.4) is 0 Å². The number of nitrogens with zero attached hydrogens (tertiary/aromatic N) is 4. The maximum absolute atomic E-state index is 11.1. The summed E-state index contributed by atoms with van der Waals surface area (Å²) in [5.74, 6) is 0.225. The molecule has 1 N–H and O–H groups in total. The van der Waals surface area contributed by atoms with Crippen LogP contribution in [0.15, 0.2) is 72.9 Å². The number of imidazole rings is 1. The Balaban J connectivity index is 0.000000191. The van der Waals surface area contributed by atoms with Gasteiger partial charge in [-0.05, 0) is 42.5 Å². The van der Waals surface area contributed by atoms with Gasteiger partial charge in [-0.15, -0.1) is 0 Å². The van der Waals surface area contributed by atoms with E-state index in [-0.39, 0.29) is 22.9 Å². The van der Waals surface area contributed by atoms with Crippen molar-refractivity contribution < 1.29 is 19.7 Å². The van der Waals surface area contributed by atoms with Crippen LogP contribution in [0.2, 0.25) is 0 Å². The predicted octanol–water partition coefficient (Wildman–Crippen LogP) is 6.02. The number of non-ortho nitro benzene ring substituents is 2. The van der Waals surface area contributed by atoms with Gasteiger partial charge in [0.15, 0.2) is 10.7 Å². The molecule has 0 fully saturated rings. The van der Waals surface area contributed by atoms with Gasteiger partial charge in [0, 0.05) is 48.0 Å². The number of ketones is 1. The maximum atomic E-state index is 11.1. The summed E-state index contributed by atoms with van der Waals surface area (Å²) in [6.45, 7) is 1.75. The highest BCUT2D eigenvalue weighted by Crippen LogP contribution is 2.31. The number of fused-ring (bicyclic) bond motifs is 3. The lowest BCUT2D eigenvalue weighted by molar-refractivity contribution is -0.385. The number of phenols is 1. The Hall–Kier alpha value is -4.64. The van der Waals surface area contributed by atoms with Crippen molar-refractivity contribution in [3.63, 3.8) is 0 Å². The van der Waals surface area contributed by atoms with E-state index in [1.54, 1.807) is 31.2 Å². The third-order valence-corrected chi connectivity index (χ3v) is 6.19. The molecule has 0 bridgehead atoms. The van der Waals surface area contributed by atoms with Gasteiger partial charge in [0.25, 0.3) is 11.4 Å². The minimum Gasteiger partial charge on any atom is -0.508 e. The van der Waals surface area contributed by atoms with Crippen LogP contribution in [-0.4, -0.2) is 30.1 Å². The van der Waals surface area contributed by atoms with E-state index in [0.717, 1.165) is 26.4 Å². The highest BCUT2D eigenvalue weighted by atomic mass is 32.1. The third-order valence-electron chi connectivity index (χ3n) is 5.17. The van der Waals surface area contributed by atoms with Crippen molar-refractivity contribution in [2.24, 2.45) is 0 Å². The quantitative estimate of drug-likeness (QED) is 0.180. The Bertz CT molecular complexity index is 1560. The molecule has 0 amide bonds. The molecule has 0 saturated carbocycles. The number of aromatic nitrogens is 2. The van der Waals surface area contributed by atoms with Crippen LogP contribution in [0.25, 0.3) is 26.4 Å². The Kier molecular flexibility index (Phi) is 6.51. The van der Waals surface area contributed by atoms with Crippen molar-refractivity contribution in [2.75, 3.05) is 0 Å². The van der Waals surface area contributed by atoms with Crippen LogP contribution in [0.4, 0.5) is 11.4 Å². The van der Waals surface area contributed by atoms with Crippen LogP contribution in [0, 0.1) is 20.2 Å². The lowest BCUT2D eigenvalue weighted by Gasteiger charge is -1.96. The fourth-order valence-electron chi connectivity index (χ4n) is 3.36. The summed E-state index contributed by atoms with van der Waals surface area (Å²) in [7, 11) is 0. The van der Waals surface area contributed by atoms with Crippen LogP contribution in [-0.2, 0) is 0 Å². The number of nitro benzene ring substituents is 2. The second-order valence-electron chi connectivity index (χ2n) is 7.42. The first-order valence-corrected chi connectivity index (χ1v) is 11.2. The number of benzene rings is 3. The molecule has 0 unspecified atom stereocenters. The van der Waals surface area contributed by atoms with Gasteiger partial charge in [0.1, 0.15) is 5.75 Å². The molecule has 2 aromatic heterocycles. The summed E-state index contributed by atoms with van der Waals surface area (Å²) in [5, 5.41) is 30.5. The average Bonchev–Trinajstić information content (AvgIpc) is 3.41. The van der Waals surface area contributed by atoms with Gasteiger partial charge in [0.05, 0.1) is 25.8 Å². The van der Waals surface area contributed by atoms with Gasteiger partial charge >= 0.3 is 0 Å². The second kappa shape index (κ2) is 9.69. The molecule has 5 aromatic rings. The number of nitro groups is 2. The van der Waals surface area contributed by atoms with Crippen molar-refractivity contribution >= 4 is 43.7 Å². The standard InChI is InChI=1S/C15H9N3O3S.C9H9NO3/c19-11-5-6-13-14(7-11)22-15-16-12(8-17(13)15)9-1-3-10(4-2-9)18(20)21;1-2-9(11)7-3-5-8(6-4-7)10(12)13/h1-8,19H;3-6H,2H2,1H3. The normalized spacial score (nSPS) is 10.7. The van der Waals surface area contributed by atoms with Crippen molar-refractivity contribution in [3.8, 4) is 17.0 Å². The second-order valence-corrected chi connectivity index (χ2v) is 8.43. The zero-order chi connectivity index (χ0) is 25.1. The lowest BCUT2D eigenvalue weighted by Crippen LogP contribution is -1.96. The van der Waals surface area contributed by atoms with Gasteiger partial charge in [-0.3, -0.25) is 29.4 Å². The fourth-order valence-corrected chi connectivity index (χ4v) is 4.40. The number of thiazole rings is 1. The molecule has 35 heavy (non-hydrogen) atoms. The molecule has 0 spiro atoms. The Morgan fingerprint density at radius 3 is 2.14 bits per heavy atom. The molecule has 3 aromatic carbocycles. The van der Waals surface area contributed by atoms with Crippen molar-refractivity contribution in [3.05, 3.63) is 98.7 Å². The number of hydrogen-bond donors (Lipinski definition) is 1. The smallest absolute Gasteiger partial charge is 0.269 e. The summed E-state index contributed by atoms with van der Waals surface area (Å²) in [4.78, 5) is 36.5. The molecule has 176 valence electrons. The number of carbonyl (C=O) groups is 1. The first-order chi connectivity index (χ1) is 16.8. The molecule has 0 aliphatic carbocycles. The molecule has 5 rings (SSSR count). The SMILES string of the molecule is CCC(=O)c1ccc([N+](=O)[O-])cc1.O=[N+]([O-])c1ccc(-c2cn3c(n2)sc2cc(O)ccc23)cc1. The Labute approximate surface area is 202 Å². The highest BCUT2D eigenvalue weighted by molar-refractivity contribution is 7.23. The summed E-state index contributed by atoms with van der Waals surface area (Å²) >= 11 is 1.48. The number of carbonyl (C=O) groups excluding carboxylic acids is 1. The van der Waals surface area contributed by atoms with Crippen molar-refractivity contribution in [1.82, 2.24) is 9.38 Å². The number of aromatic hydroxyl groups is 1. The van der Waals surface area contributed by atoms with E-state index in [0.29, 0.717) is 12.0 Å². The zero-order valence-electron chi connectivity index (χ0n) is 18.3. The zero-order valence-corrected chi connectivity index (χ0v) is 19.1. The largest absolute Gasteiger partial charge is 0.508 e. The first kappa shape index (κ1) is 23.5. The van der Waals surface area contributed by atoms with E-state index in [1.807, 2.05) is 16.7 Å². The van der Waals surface area contributed by atoms with E-state index < -0.39 is 9.85 Å². The van der Waals surface area contributed by atoms with Crippen LogP contribution in [0.5, 0.6) is 5.75 Å². The molecule has 0 radical (unpaired) electrons. The van der Waals surface area contributed by atoms with Crippen LogP contribution >= 0.6 is 11.3 Å². The predicted molar refractivity (Wildman–Crippen MR) is 132 cm³/mol. The summed E-state index contributed by atoms with van der Waals surface area (Å²) in [6.07, 6.45) is 2.31. The average molecular weight is 490 g/mol. The molecule has 10 nitrogen and oxygen atoms in total. The van der Waals surface area contributed by atoms with Gasteiger partial charge in [-0.1, -0.05) is 18.3 Å². The van der Waals surface area contributed by atoms with E-state index in [4.69, 9.17) is 0 Å². The van der Waals surface area contributed by atoms with Gasteiger partial charge in [-0.25, -0.2) is 4.98 Å². The number of hydrogen-bond acceptors (Lipinski definition) is 8. The monoisotopic (exact) mass is 490 g/mol. The summed E-state index contributed by atoms with van der Waals surface area (Å²) in [5.41, 5.74) is 3.15. The maximum Gasteiger partial charge on any atom is 0.269 e. The molecule has 0 aliphatic rings.